The highest BCUT2D eigenvalue weighted by Crippen LogP contribution is 2.22. The van der Waals surface area contributed by atoms with Gasteiger partial charge in [0, 0.05) is 18.7 Å². The van der Waals surface area contributed by atoms with Crippen LogP contribution in [-0.4, -0.2) is 36.7 Å². The molecule has 5 nitrogen and oxygen atoms in total. The van der Waals surface area contributed by atoms with Crippen molar-refractivity contribution in [2.24, 2.45) is 4.99 Å². The van der Waals surface area contributed by atoms with Gasteiger partial charge in [-0.15, -0.1) is 0 Å². The highest BCUT2D eigenvalue weighted by atomic mass is 32.2. The van der Waals surface area contributed by atoms with E-state index in [1.54, 1.807) is 23.9 Å². The summed E-state index contributed by atoms with van der Waals surface area (Å²) in [5.41, 5.74) is 4.29. The number of carbonyl (C=O) groups is 1. The molecule has 0 aliphatic heterocycles. The summed E-state index contributed by atoms with van der Waals surface area (Å²) in [6.45, 7) is 4.95. The third-order valence-corrected chi connectivity index (χ3v) is 8.43. The van der Waals surface area contributed by atoms with Gasteiger partial charge in [0.05, 0.1) is 21.7 Å². The van der Waals surface area contributed by atoms with Crippen LogP contribution in [0.2, 0.25) is 0 Å². The first-order valence-electron chi connectivity index (χ1n) is 10.2. The maximum atomic E-state index is 12.5. The lowest BCUT2D eigenvalue weighted by atomic mass is 10.1. The van der Waals surface area contributed by atoms with E-state index >= 15 is 0 Å². The lowest BCUT2D eigenvalue weighted by molar-refractivity contribution is -0.118. The third kappa shape index (κ3) is 6.54. The number of nitrogens with zero attached hydrogens (tertiary/aromatic N) is 2. The predicted molar refractivity (Wildman–Crippen MR) is 131 cm³/mol. The van der Waals surface area contributed by atoms with E-state index in [1.807, 2.05) is 18.2 Å². The Labute approximate surface area is 192 Å². The largest absolute Gasteiger partial charge is 0.316 e. The van der Waals surface area contributed by atoms with E-state index in [-0.39, 0.29) is 30.3 Å². The Morgan fingerprint density at radius 1 is 1.13 bits per heavy atom. The van der Waals surface area contributed by atoms with Crippen LogP contribution < -0.4 is 4.80 Å². The molecule has 1 heterocycles. The number of amides is 1. The molecule has 1 aromatic heterocycles. The van der Waals surface area contributed by atoms with Gasteiger partial charge in [0.1, 0.15) is 0 Å². The van der Waals surface area contributed by atoms with Crippen molar-refractivity contribution in [1.82, 2.24) is 4.57 Å². The number of hydrogen-bond acceptors (Lipinski definition) is 5. The van der Waals surface area contributed by atoms with Crippen LogP contribution in [0.25, 0.3) is 10.2 Å². The second-order valence-electron chi connectivity index (χ2n) is 7.62. The SMILES string of the molecule is CSCCn1c(=NC(=O)CCCS(=O)(=O)Cc2ccccc2)sc2cc(C)c(C)cc21. The van der Waals surface area contributed by atoms with Crippen LogP contribution in [0.3, 0.4) is 0 Å². The van der Waals surface area contributed by atoms with Crippen LogP contribution in [0, 0.1) is 13.8 Å². The van der Waals surface area contributed by atoms with E-state index in [1.165, 1.54) is 22.5 Å². The van der Waals surface area contributed by atoms with Gasteiger partial charge in [-0.1, -0.05) is 41.7 Å². The summed E-state index contributed by atoms with van der Waals surface area (Å²) in [6.07, 6.45) is 2.47. The molecule has 0 saturated carbocycles. The number of fused-ring (bicyclic) bond motifs is 1. The van der Waals surface area contributed by atoms with Crippen molar-refractivity contribution >= 4 is 49.1 Å². The highest BCUT2D eigenvalue weighted by Gasteiger charge is 2.14. The molecular weight excluding hydrogens is 448 g/mol. The minimum absolute atomic E-state index is 0.00285. The zero-order chi connectivity index (χ0) is 22.4. The summed E-state index contributed by atoms with van der Waals surface area (Å²) in [6, 6.07) is 13.4. The average Bonchev–Trinajstić information content (AvgIpc) is 3.02. The first-order chi connectivity index (χ1) is 14.8. The molecule has 0 aliphatic carbocycles. The lowest BCUT2D eigenvalue weighted by Gasteiger charge is -2.06. The van der Waals surface area contributed by atoms with Gasteiger partial charge >= 0.3 is 0 Å². The molecule has 31 heavy (non-hydrogen) atoms. The zero-order valence-electron chi connectivity index (χ0n) is 18.1. The molecule has 0 saturated heterocycles. The summed E-state index contributed by atoms with van der Waals surface area (Å²) in [5.74, 6) is 0.647. The van der Waals surface area contributed by atoms with Crippen molar-refractivity contribution in [2.75, 3.05) is 17.8 Å². The number of sulfone groups is 1. The average molecular weight is 477 g/mol. The summed E-state index contributed by atoms with van der Waals surface area (Å²) < 4.78 is 27.9. The molecular formula is C23H28N2O3S3. The summed E-state index contributed by atoms with van der Waals surface area (Å²) in [7, 11) is -3.25. The highest BCUT2D eigenvalue weighted by molar-refractivity contribution is 7.98. The number of carbonyl (C=O) groups excluding carboxylic acids is 1. The lowest BCUT2D eigenvalue weighted by Crippen LogP contribution is -2.18. The smallest absolute Gasteiger partial charge is 0.248 e. The Bertz CT molecular complexity index is 1230. The van der Waals surface area contributed by atoms with Crippen molar-refractivity contribution in [3.63, 3.8) is 0 Å². The number of rotatable bonds is 9. The van der Waals surface area contributed by atoms with Crippen molar-refractivity contribution in [1.29, 1.82) is 0 Å². The van der Waals surface area contributed by atoms with E-state index in [0.717, 1.165) is 28.1 Å². The first-order valence-corrected chi connectivity index (χ1v) is 14.2. The van der Waals surface area contributed by atoms with E-state index in [0.29, 0.717) is 4.80 Å². The second kappa shape index (κ2) is 10.6. The van der Waals surface area contributed by atoms with Gasteiger partial charge in [0.15, 0.2) is 14.6 Å². The zero-order valence-corrected chi connectivity index (χ0v) is 20.6. The number of thioether (sulfide) groups is 1. The van der Waals surface area contributed by atoms with Gasteiger partial charge in [-0.05, 0) is 55.3 Å². The van der Waals surface area contributed by atoms with E-state index in [4.69, 9.17) is 0 Å². The number of thiazole rings is 1. The van der Waals surface area contributed by atoms with E-state index < -0.39 is 9.84 Å². The maximum absolute atomic E-state index is 12.5. The molecule has 0 spiro atoms. The van der Waals surface area contributed by atoms with Crippen molar-refractivity contribution in [2.45, 2.75) is 39.0 Å². The number of aromatic nitrogens is 1. The van der Waals surface area contributed by atoms with Gasteiger partial charge in [-0.2, -0.15) is 16.8 Å². The van der Waals surface area contributed by atoms with Gasteiger partial charge in [0.2, 0.25) is 5.91 Å². The molecule has 166 valence electrons. The number of hydrogen-bond donors (Lipinski definition) is 0. The van der Waals surface area contributed by atoms with Crippen molar-refractivity contribution in [3.8, 4) is 0 Å². The quantitative estimate of drug-likeness (QED) is 0.456. The summed E-state index contributed by atoms with van der Waals surface area (Å²) in [5, 5.41) is 0. The molecule has 0 N–H and O–H groups in total. The number of aryl methyl sites for hydroxylation is 3. The molecule has 8 heteroatoms. The van der Waals surface area contributed by atoms with Crippen molar-refractivity contribution < 1.29 is 13.2 Å². The van der Waals surface area contributed by atoms with Gasteiger partial charge in [-0.3, -0.25) is 4.79 Å². The Balaban J connectivity index is 1.72. The van der Waals surface area contributed by atoms with Gasteiger partial charge in [-0.25, -0.2) is 8.42 Å². The third-order valence-electron chi connectivity index (χ3n) is 5.11. The molecule has 0 radical (unpaired) electrons. The molecule has 0 atom stereocenters. The fourth-order valence-electron chi connectivity index (χ4n) is 3.31. The molecule has 3 aromatic rings. The van der Waals surface area contributed by atoms with Gasteiger partial charge in [0.25, 0.3) is 0 Å². The Morgan fingerprint density at radius 2 is 1.84 bits per heavy atom. The van der Waals surface area contributed by atoms with Crippen LogP contribution in [0.1, 0.15) is 29.5 Å². The van der Waals surface area contributed by atoms with Crippen LogP contribution in [0.4, 0.5) is 0 Å². The Kier molecular flexibility index (Phi) is 8.13. The summed E-state index contributed by atoms with van der Waals surface area (Å²) >= 11 is 3.27. The van der Waals surface area contributed by atoms with Crippen LogP contribution in [0.15, 0.2) is 47.5 Å². The minimum atomic E-state index is -3.25. The van der Waals surface area contributed by atoms with Crippen LogP contribution in [-0.2, 0) is 26.9 Å². The Hall–Kier alpha value is -1.90. The second-order valence-corrected chi connectivity index (χ2v) is 11.8. The first kappa shape index (κ1) is 23.8. The predicted octanol–water partition coefficient (Wildman–Crippen LogP) is 4.51. The maximum Gasteiger partial charge on any atom is 0.248 e. The normalized spacial score (nSPS) is 12.5. The standard InChI is InChI=1S/C23H28N2O3S3/c1-17-14-20-21(15-18(17)2)30-23(25(20)11-12-29-3)24-22(26)10-7-13-31(27,28)16-19-8-5-4-6-9-19/h4-6,8-9,14-15H,7,10-13,16H2,1-3H3. The fraction of sp³-hybridized carbons (Fsp3) is 0.391. The molecule has 1 amide bonds. The van der Waals surface area contributed by atoms with Crippen molar-refractivity contribution in [3.05, 3.63) is 64.0 Å². The monoisotopic (exact) mass is 476 g/mol. The van der Waals surface area contributed by atoms with Crippen LogP contribution in [0.5, 0.6) is 0 Å². The Morgan fingerprint density at radius 3 is 2.55 bits per heavy atom. The molecule has 3 rings (SSSR count). The molecule has 0 aliphatic rings. The van der Waals surface area contributed by atoms with Gasteiger partial charge < -0.3 is 4.57 Å². The molecule has 0 unspecified atom stereocenters. The summed E-state index contributed by atoms with van der Waals surface area (Å²) in [4.78, 5) is 17.6. The van der Waals surface area contributed by atoms with E-state index in [9.17, 15) is 13.2 Å². The topological polar surface area (TPSA) is 68.5 Å². The molecule has 0 bridgehead atoms. The molecule has 2 aromatic carbocycles. The van der Waals surface area contributed by atoms with Crippen LogP contribution >= 0.6 is 23.1 Å². The van der Waals surface area contributed by atoms with E-state index in [2.05, 4.69) is 41.8 Å². The minimum Gasteiger partial charge on any atom is -0.316 e. The molecule has 0 fully saturated rings. The number of benzene rings is 2. The fourth-order valence-corrected chi connectivity index (χ4v) is 6.26.